The standard InChI is InChI=1S/C18H14.C15H13F3.C12H10.6C10H8.3C6H6/c1-3-7-15(8-4-1)17-11-13-18(14-12-17)16-9-5-2-6-10-16;1-14(15(16,17)18,12-8-4-2-5-9-12)13-10-6-3-7-11-13;1-3-7-11(8-4-1)12-9-5-2-6-10-12;6*1-2-6-10-8-4-3-7-9(10)5-1;3*1-2-4-6-5-3-1/h1-14H;2-11H,1H3;1-10H;6*1-8H;3*1-6H. The van der Waals surface area contributed by atoms with Crippen LogP contribution in [0, 0.1) is 0 Å². The molecule has 0 aliphatic carbocycles. The molecule has 22 rings (SSSR count). The average molecular weight is 1640 g/mol. The molecular formula is C123H103F3. The van der Waals surface area contributed by atoms with Crippen molar-refractivity contribution >= 4 is 64.6 Å². The Balaban J connectivity index is 0.000000135. The van der Waals surface area contributed by atoms with Gasteiger partial charge in [-0.3, -0.25) is 0 Å². The number of halogens is 3. The second kappa shape index (κ2) is 52.4. The van der Waals surface area contributed by atoms with Crippen LogP contribution in [0.4, 0.5) is 13.2 Å². The molecule has 616 valence electrons. The van der Waals surface area contributed by atoms with Crippen molar-refractivity contribution in [1.82, 2.24) is 0 Å². The van der Waals surface area contributed by atoms with Crippen LogP contribution in [-0.4, -0.2) is 6.18 Å². The molecule has 0 bridgehead atoms. The van der Waals surface area contributed by atoms with Gasteiger partial charge in [0.1, 0.15) is 5.41 Å². The first-order valence-corrected chi connectivity index (χ1v) is 42.3. The lowest BCUT2D eigenvalue weighted by Crippen LogP contribution is -2.40. The molecule has 0 aliphatic heterocycles. The molecule has 0 saturated heterocycles. The molecule has 0 radical (unpaired) electrons. The summed E-state index contributed by atoms with van der Waals surface area (Å²) in [5.74, 6) is 0. The Bertz CT molecular complexity index is 5360. The number of fused-ring (bicyclic) bond motifs is 6. The molecule has 0 spiro atoms. The van der Waals surface area contributed by atoms with Crippen LogP contribution in [-0.2, 0) is 5.41 Å². The van der Waals surface area contributed by atoms with Gasteiger partial charge in [-0.2, -0.15) is 13.2 Å². The fraction of sp³-hybridized carbons (Fsp3) is 0.0244. The van der Waals surface area contributed by atoms with Crippen molar-refractivity contribution in [1.29, 1.82) is 0 Å². The van der Waals surface area contributed by atoms with Gasteiger partial charge < -0.3 is 0 Å². The molecule has 0 aromatic heterocycles. The zero-order valence-corrected chi connectivity index (χ0v) is 70.9. The SMILES string of the molecule is CC(c1ccccc1)(c1ccccc1)C(F)(F)F.c1ccc(-c2ccc(-c3ccccc3)cc2)cc1.c1ccc(-c2ccccc2)cc1.c1ccc2ccccc2c1.c1ccc2ccccc2c1.c1ccc2ccccc2c1.c1ccc2ccccc2c1.c1ccc2ccccc2c1.c1ccc2ccccc2c1.c1ccccc1.c1ccccc1.c1ccccc1. The Morgan fingerprint density at radius 3 is 0.310 bits per heavy atom. The van der Waals surface area contributed by atoms with Gasteiger partial charge >= 0.3 is 6.18 Å². The first-order chi connectivity index (χ1) is 62.2. The van der Waals surface area contributed by atoms with E-state index in [4.69, 9.17) is 0 Å². The Hall–Kier alpha value is -15.8. The Morgan fingerprint density at radius 2 is 0.198 bits per heavy atom. The molecular weight excluding hydrogens is 1530 g/mol. The zero-order chi connectivity index (χ0) is 87.3. The molecule has 0 N–H and O–H groups in total. The highest BCUT2D eigenvalue weighted by Crippen LogP contribution is 2.46. The molecule has 0 nitrogen and oxygen atoms in total. The molecule has 22 aromatic rings. The molecule has 0 amide bonds. The third kappa shape index (κ3) is 30.7. The first kappa shape index (κ1) is 90.9. The predicted octanol–water partition coefficient (Wildman–Crippen LogP) is 35.0. The zero-order valence-electron chi connectivity index (χ0n) is 70.9. The van der Waals surface area contributed by atoms with Crippen molar-refractivity contribution in [3.8, 4) is 33.4 Å². The van der Waals surface area contributed by atoms with Gasteiger partial charge in [-0.15, -0.1) is 0 Å². The van der Waals surface area contributed by atoms with Gasteiger partial charge in [-0.05, 0) is 116 Å². The second-order valence-electron chi connectivity index (χ2n) is 28.9. The summed E-state index contributed by atoms with van der Waals surface area (Å²) in [5.41, 5.74) is 6.12. The number of rotatable bonds is 5. The summed E-state index contributed by atoms with van der Waals surface area (Å²) in [6, 6.07) is 203. The van der Waals surface area contributed by atoms with Crippen LogP contribution >= 0.6 is 0 Å². The minimum atomic E-state index is -4.34. The van der Waals surface area contributed by atoms with Gasteiger partial charge in [0.05, 0.1) is 0 Å². The van der Waals surface area contributed by atoms with Gasteiger partial charge in [-0.25, -0.2) is 0 Å². The number of hydrogen-bond acceptors (Lipinski definition) is 0. The lowest BCUT2D eigenvalue weighted by Gasteiger charge is -2.33. The molecule has 0 fully saturated rings. The third-order valence-corrected chi connectivity index (χ3v) is 20.2. The largest absolute Gasteiger partial charge is 0.402 e. The van der Waals surface area contributed by atoms with Gasteiger partial charge in [0.25, 0.3) is 0 Å². The lowest BCUT2D eigenvalue weighted by molar-refractivity contribution is -0.173. The summed E-state index contributed by atoms with van der Waals surface area (Å²) >= 11 is 0. The Labute approximate surface area is 742 Å². The van der Waals surface area contributed by atoms with Crippen molar-refractivity contribution in [2.75, 3.05) is 0 Å². The molecule has 0 heterocycles. The van der Waals surface area contributed by atoms with Crippen LogP contribution in [0.25, 0.3) is 98.0 Å². The van der Waals surface area contributed by atoms with Crippen molar-refractivity contribution in [3.05, 3.63) is 618 Å². The van der Waals surface area contributed by atoms with E-state index in [9.17, 15) is 13.2 Å². The Morgan fingerprint density at radius 1 is 0.111 bits per heavy atom. The topological polar surface area (TPSA) is 0 Å². The molecule has 22 aromatic carbocycles. The maximum Gasteiger partial charge on any atom is 0.402 e. The van der Waals surface area contributed by atoms with Gasteiger partial charge in [-0.1, -0.05) is 607 Å². The van der Waals surface area contributed by atoms with Crippen LogP contribution in [0.15, 0.2) is 607 Å². The molecule has 3 heteroatoms. The third-order valence-electron chi connectivity index (χ3n) is 20.2. The molecule has 126 heavy (non-hydrogen) atoms. The highest BCUT2D eigenvalue weighted by molar-refractivity contribution is 5.86. The van der Waals surface area contributed by atoms with Crippen molar-refractivity contribution in [2.45, 2.75) is 18.5 Å². The van der Waals surface area contributed by atoms with Crippen LogP contribution in [0.3, 0.4) is 0 Å². The van der Waals surface area contributed by atoms with E-state index in [1.165, 1.54) is 129 Å². The summed E-state index contributed by atoms with van der Waals surface area (Å²) in [7, 11) is 0. The van der Waals surface area contributed by atoms with E-state index in [1.807, 2.05) is 133 Å². The second-order valence-corrected chi connectivity index (χ2v) is 28.9. The minimum absolute atomic E-state index is 0.253. The Kier molecular flexibility index (Phi) is 37.8. The summed E-state index contributed by atoms with van der Waals surface area (Å²) in [6.45, 7) is 1.22. The van der Waals surface area contributed by atoms with E-state index < -0.39 is 11.6 Å². The monoisotopic (exact) mass is 1640 g/mol. The molecule has 0 saturated carbocycles. The molecule has 0 unspecified atom stereocenters. The summed E-state index contributed by atoms with van der Waals surface area (Å²) in [6.07, 6.45) is -4.34. The highest BCUT2D eigenvalue weighted by Gasteiger charge is 2.53. The van der Waals surface area contributed by atoms with E-state index >= 15 is 0 Å². The molecule has 0 aliphatic rings. The quantitative estimate of drug-likeness (QED) is 0.161. The van der Waals surface area contributed by atoms with E-state index in [0.29, 0.717) is 0 Å². The fourth-order valence-corrected chi connectivity index (χ4v) is 13.4. The van der Waals surface area contributed by atoms with Gasteiger partial charge in [0.2, 0.25) is 0 Å². The van der Waals surface area contributed by atoms with Crippen molar-refractivity contribution in [2.24, 2.45) is 0 Å². The fourth-order valence-electron chi connectivity index (χ4n) is 13.4. The first-order valence-electron chi connectivity index (χ1n) is 42.3. The predicted molar refractivity (Wildman–Crippen MR) is 538 cm³/mol. The van der Waals surface area contributed by atoms with E-state index in [1.54, 1.807) is 36.4 Å². The van der Waals surface area contributed by atoms with E-state index in [2.05, 4.69) is 413 Å². The average Bonchev–Trinajstić information content (AvgIpc) is 0.758. The van der Waals surface area contributed by atoms with E-state index in [0.717, 1.165) is 0 Å². The van der Waals surface area contributed by atoms with Gasteiger partial charge in [0.15, 0.2) is 0 Å². The van der Waals surface area contributed by atoms with Crippen LogP contribution < -0.4 is 0 Å². The van der Waals surface area contributed by atoms with Gasteiger partial charge in [0, 0.05) is 0 Å². The minimum Gasteiger partial charge on any atom is -0.170 e. The highest BCUT2D eigenvalue weighted by atomic mass is 19.4. The summed E-state index contributed by atoms with van der Waals surface area (Å²) < 4.78 is 40.4. The smallest absolute Gasteiger partial charge is 0.170 e. The summed E-state index contributed by atoms with van der Waals surface area (Å²) in [5, 5.41) is 15.7. The number of hydrogen-bond donors (Lipinski definition) is 0. The lowest BCUT2D eigenvalue weighted by atomic mass is 9.75. The number of benzene rings is 22. The van der Waals surface area contributed by atoms with Crippen molar-refractivity contribution < 1.29 is 13.2 Å². The maximum atomic E-state index is 13.5. The van der Waals surface area contributed by atoms with Crippen molar-refractivity contribution in [3.63, 3.8) is 0 Å². The molecule has 0 atom stereocenters. The maximum absolute atomic E-state index is 13.5. The van der Waals surface area contributed by atoms with E-state index in [-0.39, 0.29) is 11.1 Å². The normalized spacial score (nSPS) is 10.1. The summed E-state index contributed by atoms with van der Waals surface area (Å²) in [4.78, 5) is 0. The van der Waals surface area contributed by atoms with Crippen LogP contribution in [0.1, 0.15) is 18.1 Å². The van der Waals surface area contributed by atoms with Crippen LogP contribution in [0.5, 0.6) is 0 Å². The van der Waals surface area contributed by atoms with Crippen LogP contribution in [0.2, 0.25) is 0 Å². The number of alkyl halides is 3.